The highest BCUT2D eigenvalue weighted by atomic mass is 16.6. The van der Waals surface area contributed by atoms with Crippen LogP contribution >= 0.6 is 0 Å². The molecular formula is C16H20O4. The average Bonchev–Trinajstić information content (AvgIpc) is 2.37. The number of methoxy groups -OCH3 is 1. The molecule has 0 aliphatic heterocycles. The molecule has 1 rings (SSSR count). The van der Waals surface area contributed by atoms with E-state index < -0.39 is 5.60 Å². The summed E-state index contributed by atoms with van der Waals surface area (Å²) in [6.07, 6.45) is 3.55. The first-order valence-corrected chi connectivity index (χ1v) is 6.39. The zero-order chi connectivity index (χ0) is 15.2. The van der Waals surface area contributed by atoms with Crippen molar-refractivity contribution in [3.63, 3.8) is 0 Å². The van der Waals surface area contributed by atoms with Crippen molar-refractivity contribution in [3.05, 3.63) is 41.5 Å². The first-order chi connectivity index (χ1) is 9.33. The Morgan fingerprint density at radius 2 is 1.85 bits per heavy atom. The summed E-state index contributed by atoms with van der Waals surface area (Å²) in [4.78, 5) is 23.1. The lowest BCUT2D eigenvalue weighted by molar-refractivity contribution is -0.139. The van der Waals surface area contributed by atoms with Crippen LogP contribution in [-0.4, -0.2) is 24.6 Å². The molecule has 4 nitrogen and oxygen atoms in total. The van der Waals surface area contributed by atoms with Crippen molar-refractivity contribution in [1.29, 1.82) is 0 Å². The van der Waals surface area contributed by atoms with Crippen molar-refractivity contribution in [3.8, 4) is 0 Å². The molecule has 0 heterocycles. The highest BCUT2D eigenvalue weighted by Crippen LogP contribution is 2.17. The number of hydrogen-bond donors (Lipinski definition) is 0. The Hall–Kier alpha value is -2.10. The van der Waals surface area contributed by atoms with Gasteiger partial charge in [-0.15, -0.1) is 0 Å². The van der Waals surface area contributed by atoms with Crippen molar-refractivity contribution >= 4 is 18.0 Å². The molecular weight excluding hydrogens is 256 g/mol. The molecule has 0 radical (unpaired) electrons. The van der Waals surface area contributed by atoms with Crippen molar-refractivity contribution in [2.75, 3.05) is 7.11 Å². The fraction of sp³-hybridized carbons (Fsp3) is 0.375. The van der Waals surface area contributed by atoms with Gasteiger partial charge in [0.05, 0.1) is 19.1 Å². The smallest absolute Gasteiger partial charge is 0.339 e. The third-order valence-corrected chi connectivity index (χ3v) is 2.39. The minimum absolute atomic E-state index is 0.166. The maximum absolute atomic E-state index is 12.1. The minimum Gasteiger partial charge on any atom is -0.469 e. The molecule has 4 heteroatoms. The van der Waals surface area contributed by atoms with Gasteiger partial charge in [0.1, 0.15) is 5.60 Å². The number of rotatable bonds is 4. The zero-order valence-electron chi connectivity index (χ0n) is 12.3. The first kappa shape index (κ1) is 16.0. The molecule has 108 valence electrons. The molecule has 1 aromatic carbocycles. The summed E-state index contributed by atoms with van der Waals surface area (Å²) in [6, 6.07) is 7.10. The van der Waals surface area contributed by atoms with Gasteiger partial charge in [0.15, 0.2) is 0 Å². The number of ether oxygens (including phenoxy) is 2. The van der Waals surface area contributed by atoms with Gasteiger partial charge in [0.25, 0.3) is 0 Å². The van der Waals surface area contributed by atoms with E-state index in [0.717, 1.165) is 0 Å². The summed E-state index contributed by atoms with van der Waals surface area (Å²) in [6.45, 7) is 5.46. The molecule has 1 aromatic rings. The standard InChI is InChI=1S/C16H20O4/c1-16(2,3)20-15(18)13-10-6-5-8-12(13)9-7-11-14(17)19-4/h5-10H,11H2,1-4H3. The highest BCUT2D eigenvalue weighted by Gasteiger charge is 2.19. The molecule has 0 aliphatic carbocycles. The number of carbonyl (C=O) groups is 2. The monoisotopic (exact) mass is 276 g/mol. The summed E-state index contributed by atoms with van der Waals surface area (Å²) >= 11 is 0. The van der Waals surface area contributed by atoms with Crippen LogP contribution in [0.2, 0.25) is 0 Å². The molecule has 0 atom stereocenters. The second-order valence-electron chi connectivity index (χ2n) is 5.27. The number of hydrogen-bond acceptors (Lipinski definition) is 4. The molecule has 0 aromatic heterocycles. The Bertz CT molecular complexity index is 509. The Kier molecular flexibility index (Phi) is 5.50. The van der Waals surface area contributed by atoms with Gasteiger partial charge in [-0.1, -0.05) is 30.4 Å². The van der Waals surface area contributed by atoms with Crippen LogP contribution in [0.4, 0.5) is 0 Å². The molecule has 0 bridgehead atoms. The molecule has 0 fully saturated rings. The topological polar surface area (TPSA) is 52.6 Å². The van der Waals surface area contributed by atoms with Crippen molar-refractivity contribution in [2.24, 2.45) is 0 Å². The summed E-state index contributed by atoms with van der Waals surface area (Å²) in [5.74, 6) is -0.702. The van der Waals surface area contributed by atoms with Gasteiger partial charge >= 0.3 is 11.9 Å². The van der Waals surface area contributed by atoms with E-state index >= 15 is 0 Å². The van der Waals surface area contributed by atoms with Gasteiger partial charge in [-0.25, -0.2) is 4.79 Å². The highest BCUT2D eigenvalue weighted by molar-refractivity contribution is 5.94. The maximum Gasteiger partial charge on any atom is 0.339 e. The minimum atomic E-state index is -0.542. The number of carbonyl (C=O) groups excluding carboxylic acids is 2. The third kappa shape index (κ3) is 5.26. The fourth-order valence-corrected chi connectivity index (χ4v) is 1.53. The Morgan fingerprint density at radius 3 is 2.45 bits per heavy atom. The van der Waals surface area contributed by atoms with Crippen LogP contribution in [0, 0.1) is 0 Å². The van der Waals surface area contributed by atoms with Gasteiger partial charge in [0.2, 0.25) is 0 Å². The van der Waals surface area contributed by atoms with Crippen molar-refractivity contribution < 1.29 is 19.1 Å². The quantitative estimate of drug-likeness (QED) is 0.792. The molecule has 0 N–H and O–H groups in total. The Balaban J connectivity index is 2.88. The molecule has 0 saturated carbocycles. The molecule has 0 saturated heterocycles. The van der Waals surface area contributed by atoms with E-state index in [4.69, 9.17) is 4.74 Å². The number of benzene rings is 1. The zero-order valence-corrected chi connectivity index (χ0v) is 12.3. The van der Waals surface area contributed by atoms with Crippen LogP contribution in [0.15, 0.2) is 30.3 Å². The van der Waals surface area contributed by atoms with E-state index in [2.05, 4.69) is 4.74 Å². The van der Waals surface area contributed by atoms with E-state index in [1.165, 1.54) is 7.11 Å². The summed E-state index contributed by atoms with van der Waals surface area (Å²) < 4.78 is 9.90. The van der Waals surface area contributed by atoms with Gasteiger partial charge in [-0.2, -0.15) is 0 Å². The molecule has 0 spiro atoms. The first-order valence-electron chi connectivity index (χ1n) is 6.39. The van der Waals surface area contributed by atoms with E-state index in [1.807, 2.05) is 26.8 Å². The summed E-state index contributed by atoms with van der Waals surface area (Å²) in [5, 5.41) is 0. The predicted octanol–water partition coefficient (Wildman–Crippen LogP) is 3.22. The Morgan fingerprint density at radius 1 is 1.20 bits per heavy atom. The van der Waals surface area contributed by atoms with Crippen LogP contribution < -0.4 is 0 Å². The van der Waals surface area contributed by atoms with Crippen LogP contribution in [0.25, 0.3) is 6.08 Å². The second-order valence-corrected chi connectivity index (χ2v) is 5.27. The Labute approximate surface area is 119 Å². The van der Waals surface area contributed by atoms with Crippen LogP contribution in [0.1, 0.15) is 43.1 Å². The van der Waals surface area contributed by atoms with Gasteiger partial charge in [0, 0.05) is 0 Å². The molecule has 0 amide bonds. The van der Waals surface area contributed by atoms with Gasteiger partial charge < -0.3 is 9.47 Å². The van der Waals surface area contributed by atoms with E-state index in [-0.39, 0.29) is 18.4 Å². The second kappa shape index (κ2) is 6.89. The molecule has 0 aliphatic rings. The average molecular weight is 276 g/mol. The summed E-state index contributed by atoms with van der Waals surface area (Å²) in [7, 11) is 1.34. The molecule has 0 unspecified atom stereocenters. The lowest BCUT2D eigenvalue weighted by atomic mass is 10.1. The third-order valence-electron chi connectivity index (χ3n) is 2.39. The largest absolute Gasteiger partial charge is 0.469 e. The van der Waals surface area contributed by atoms with E-state index in [9.17, 15) is 9.59 Å². The lowest BCUT2D eigenvalue weighted by Gasteiger charge is -2.20. The summed E-state index contributed by atoms with van der Waals surface area (Å²) in [5.41, 5.74) is 0.647. The molecule has 20 heavy (non-hydrogen) atoms. The van der Waals surface area contributed by atoms with Gasteiger partial charge in [-0.05, 0) is 32.4 Å². The van der Waals surface area contributed by atoms with Crippen molar-refractivity contribution in [1.82, 2.24) is 0 Å². The van der Waals surface area contributed by atoms with Crippen molar-refractivity contribution in [2.45, 2.75) is 32.8 Å². The SMILES string of the molecule is COC(=O)CC=Cc1ccccc1C(=O)OC(C)(C)C. The predicted molar refractivity (Wildman–Crippen MR) is 77.3 cm³/mol. The van der Waals surface area contributed by atoms with Crippen LogP contribution in [0.3, 0.4) is 0 Å². The van der Waals surface area contributed by atoms with E-state index in [1.54, 1.807) is 30.4 Å². The van der Waals surface area contributed by atoms with Crippen LogP contribution in [-0.2, 0) is 14.3 Å². The maximum atomic E-state index is 12.1. The van der Waals surface area contributed by atoms with Gasteiger partial charge in [-0.3, -0.25) is 4.79 Å². The normalized spacial score (nSPS) is 11.4. The fourth-order valence-electron chi connectivity index (χ4n) is 1.53. The van der Waals surface area contributed by atoms with Crippen LogP contribution in [0.5, 0.6) is 0 Å². The van der Waals surface area contributed by atoms with E-state index in [0.29, 0.717) is 11.1 Å². The lowest BCUT2D eigenvalue weighted by Crippen LogP contribution is -2.24. The number of esters is 2.